The van der Waals surface area contributed by atoms with E-state index in [0.29, 0.717) is 0 Å². The van der Waals surface area contributed by atoms with Crippen molar-refractivity contribution in [3.63, 3.8) is 0 Å². The highest BCUT2D eigenvalue weighted by Gasteiger charge is 2.35. The number of carbonyl (C=O) groups is 2. The molecule has 25 heavy (non-hydrogen) atoms. The van der Waals surface area contributed by atoms with Gasteiger partial charge < -0.3 is 15.4 Å². The summed E-state index contributed by atoms with van der Waals surface area (Å²) in [4.78, 5) is 24.4. The molecule has 8 heteroatoms. The minimum atomic E-state index is -3.45. The SMILES string of the molecule is C[C@H](C(=O)NCC1(NC(=O)OC(C)(C)C)CCCCCC1)S(C)(=O)=O. The third-order valence-electron chi connectivity index (χ3n) is 4.44. The van der Waals surface area contributed by atoms with Gasteiger partial charge in [0.15, 0.2) is 9.84 Å². The number of amides is 2. The average Bonchev–Trinajstić information content (AvgIpc) is 2.67. The lowest BCUT2D eigenvalue weighted by atomic mass is 9.90. The molecule has 0 heterocycles. The quantitative estimate of drug-likeness (QED) is 0.716. The minimum absolute atomic E-state index is 0.199. The van der Waals surface area contributed by atoms with Gasteiger partial charge in [-0.25, -0.2) is 13.2 Å². The monoisotopic (exact) mass is 376 g/mol. The van der Waals surface area contributed by atoms with Crippen LogP contribution in [-0.2, 0) is 19.4 Å². The van der Waals surface area contributed by atoms with Crippen LogP contribution in [0.2, 0.25) is 0 Å². The van der Waals surface area contributed by atoms with E-state index in [9.17, 15) is 18.0 Å². The first-order valence-electron chi connectivity index (χ1n) is 8.82. The van der Waals surface area contributed by atoms with Crippen molar-refractivity contribution in [1.82, 2.24) is 10.6 Å². The molecule has 0 spiro atoms. The van der Waals surface area contributed by atoms with Crippen molar-refractivity contribution in [2.24, 2.45) is 0 Å². The first-order chi connectivity index (χ1) is 11.3. The molecule has 0 aromatic heterocycles. The van der Waals surface area contributed by atoms with Crippen molar-refractivity contribution in [3.05, 3.63) is 0 Å². The maximum Gasteiger partial charge on any atom is 0.408 e. The Morgan fingerprint density at radius 3 is 2.08 bits per heavy atom. The Bertz CT molecular complexity index is 572. The van der Waals surface area contributed by atoms with E-state index in [0.717, 1.165) is 44.8 Å². The van der Waals surface area contributed by atoms with Crippen molar-refractivity contribution in [2.75, 3.05) is 12.8 Å². The highest BCUT2D eigenvalue weighted by atomic mass is 32.2. The summed E-state index contributed by atoms with van der Waals surface area (Å²) in [6.45, 7) is 6.95. The molecular formula is C17H32N2O5S. The molecule has 0 radical (unpaired) electrons. The molecule has 1 aliphatic rings. The van der Waals surface area contributed by atoms with Crippen molar-refractivity contribution >= 4 is 21.8 Å². The first kappa shape index (κ1) is 21.7. The lowest BCUT2D eigenvalue weighted by molar-refractivity contribution is -0.120. The van der Waals surface area contributed by atoms with Crippen LogP contribution in [-0.4, -0.2) is 49.6 Å². The lowest BCUT2D eigenvalue weighted by Gasteiger charge is -2.35. The van der Waals surface area contributed by atoms with Gasteiger partial charge >= 0.3 is 6.09 Å². The summed E-state index contributed by atoms with van der Waals surface area (Å²) in [5.41, 5.74) is -1.21. The molecule has 2 N–H and O–H groups in total. The highest BCUT2D eigenvalue weighted by molar-refractivity contribution is 7.92. The molecular weight excluding hydrogens is 344 g/mol. The topological polar surface area (TPSA) is 102 Å². The molecule has 0 unspecified atom stereocenters. The Hall–Kier alpha value is -1.31. The van der Waals surface area contributed by atoms with Crippen molar-refractivity contribution in [1.29, 1.82) is 0 Å². The van der Waals surface area contributed by atoms with E-state index in [1.54, 1.807) is 20.8 Å². The van der Waals surface area contributed by atoms with Crippen LogP contribution in [0.25, 0.3) is 0 Å². The molecule has 0 bridgehead atoms. The van der Waals surface area contributed by atoms with Crippen LogP contribution < -0.4 is 10.6 Å². The van der Waals surface area contributed by atoms with Gasteiger partial charge in [0, 0.05) is 12.8 Å². The molecule has 146 valence electrons. The minimum Gasteiger partial charge on any atom is -0.444 e. The lowest BCUT2D eigenvalue weighted by Crippen LogP contribution is -2.57. The maximum atomic E-state index is 12.2. The van der Waals surface area contributed by atoms with Crippen LogP contribution in [0.1, 0.15) is 66.2 Å². The maximum absolute atomic E-state index is 12.2. The first-order valence-corrected chi connectivity index (χ1v) is 10.8. The number of sulfone groups is 1. The highest BCUT2D eigenvalue weighted by Crippen LogP contribution is 2.27. The number of rotatable bonds is 5. The molecule has 0 aliphatic heterocycles. The van der Waals surface area contributed by atoms with E-state index in [1.165, 1.54) is 6.92 Å². The van der Waals surface area contributed by atoms with Crippen molar-refractivity contribution in [3.8, 4) is 0 Å². The number of hydrogen-bond acceptors (Lipinski definition) is 5. The standard InChI is InChI=1S/C17H32N2O5S/c1-13(25(5,22)23)14(20)18-12-17(10-8-6-7-9-11-17)19-15(21)24-16(2,3)4/h13H,6-12H2,1-5H3,(H,18,20)(H,19,21)/t13-/m1/s1. The summed E-state index contributed by atoms with van der Waals surface area (Å²) in [6, 6.07) is 0. The smallest absolute Gasteiger partial charge is 0.408 e. The Morgan fingerprint density at radius 2 is 1.64 bits per heavy atom. The van der Waals surface area contributed by atoms with Gasteiger partial charge in [-0.05, 0) is 40.5 Å². The normalized spacial score (nSPS) is 19.4. The summed E-state index contributed by atoms with van der Waals surface area (Å²) in [5, 5.41) is 4.53. The van der Waals surface area contributed by atoms with Crippen molar-refractivity contribution < 1.29 is 22.7 Å². The molecule has 2 amide bonds. The van der Waals surface area contributed by atoms with Gasteiger partial charge in [-0.1, -0.05) is 25.7 Å². The summed E-state index contributed by atoms with van der Waals surface area (Å²) >= 11 is 0. The molecule has 1 saturated carbocycles. The van der Waals surface area contributed by atoms with E-state index >= 15 is 0 Å². The van der Waals surface area contributed by atoms with E-state index in [1.807, 2.05) is 0 Å². The van der Waals surface area contributed by atoms with Gasteiger partial charge in [0.2, 0.25) is 5.91 Å². The fraction of sp³-hybridized carbons (Fsp3) is 0.882. The average molecular weight is 377 g/mol. The fourth-order valence-corrected chi connectivity index (χ4v) is 3.34. The van der Waals surface area contributed by atoms with Crippen LogP contribution in [0.3, 0.4) is 0 Å². The molecule has 0 saturated heterocycles. The van der Waals surface area contributed by atoms with E-state index in [4.69, 9.17) is 4.74 Å². The molecule has 1 atom stereocenters. The Morgan fingerprint density at radius 1 is 1.12 bits per heavy atom. The second-order valence-corrected chi connectivity index (χ2v) is 10.4. The fourth-order valence-electron chi connectivity index (χ4n) is 2.87. The predicted molar refractivity (Wildman–Crippen MR) is 97.1 cm³/mol. The molecule has 1 fully saturated rings. The molecule has 1 rings (SSSR count). The van der Waals surface area contributed by atoms with Crippen molar-refractivity contribution in [2.45, 2.75) is 82.6 Å². The molecule has 0 aromatic carbocycles. The van der Waals surface area contributed by atoms with Gasteiger partial charge in [0.1, 0.15) is 10.9 Å². The Kier molecular flexibility index (Phi) is 7.28. The van der Waals surface area contributed by atoms with Crippen LogP contribution in [0.15, 0.2) is 0 Å². The number of alkyl carbamates (subject to hydrolysis) is 1. The third-order valence-corrected chi connectivity index (χ3v) is 5.94. The van der Waals surface area contributed by atoms with Crippen LogP contribution in [0.5, 0.6) is 0 Å². The molecule has 1 aliphatic carbocycles. The largest absolute Gasteiger partial charge is 0.444 e. The number of carbonyl (C=O) groups excluding carboxylic acids is 2. The van der Waals surface area contributed by atoms with E-state index < -0.39 is 38.2 Å². The Labute approximate surface area is 151 Å². The zero-order valence-electron chi connectivity index (χ0n) is 16.0. The van der Waals surface area contributed by atoms with Gasteiger partial charge in [0.25, 0.3) is 0 Å². The number of nitrogens with one attached hydrogen (secondary N) is 2. The molecule has 0 aromatic rings. The van der Waals surface area contributed by atoms with E-state index in [2.05, 4.69) is 10.6 Å². The van der Waals surface area contributed by atoms with Gasteiger partial charge in [-0.3, -0.25) is 4.79 Å². The zero-order chi connectivity index (χ0) is 19.3. The third kappa shape index (κ3) is 7.63. The van der Waals surface area contributed by atoms with E-state index in [-0.39, 0.29) is 6.54 Å². The van der Waals surface area contributed by atoms with Gasteiger partial charge in [-0.2, -0.15) is 0 Å². The summed E-state index contributed by atoms with van der Waals surface area (Å²) in [7, 11) is -3.45. The summed E-state index contributed by atoms with van der Waals surface area (Å²) in [5.74, 6) is -0.544. The van der Waals surface area contributed by atoms with Crippen LogP contribution in [0.4, 0.5) is 4.79 Å². The van der Waals surface area contributed by atoms with Crippen LogP contribution >= 0.6 is 0 Å². The van der Waals surface area contributed by atoms with Gasteiger partial charge in [-0.15, -0.1) is 0 Å². The zero-order valence-corrected chi connectivity index (χ0v) is 16.8. The number of hydrogen-bond donors (Lipinski definition) is 2. The Balaban J connectivity index is 2.82. The number of ether oxygens (including phenoxy) is 1. The summed E-state index contributed by atoms with van der Waals surface area (Å²) in [6.07, 6.45) is 5.99. The second-order valence-electron chi connectivity index (χ2n) is 8.01. The van der Waals surface area contributed by atoms with Crippen LogP contribution in [0, 0.1) is 0 Å². The molecule has 7 nitrogen and oxygen atoms in total. The summed E-state index contributed by atoms with van der Waals surface area (Å²) < 4.78 is 28.4. The van der Waals surface area contributed by atoms with Gasteiger partial charge in [0.05, 0.1) is 5.54 Å². The predicted octanol–water partition coefficient (Wildman–Crippen LogP) is 2.15. The second kappa shape index (κ2) is 8.38.